The molecule has 0 atom stereocenters. The summed E-state index contributed by atoms with van der Waals surface area (Å²) in [6, 6.07) is 16.9. The molecule has 0 saturated heterocycles. The molecule has 1 aromatic heterocycles. The molecule has 1 N–H and O–H groups in total. The van der Waals surface area contributed by atoms with Crippen LogP contribution >= 0.6 is 11.6 Å². The van der Waals surface area contributed by atoms with Gasteiger partial charge in [-0.25, -0.2) is 5.43 Å². The van der Waals surface area contributed by atoms with E-state index >= 15 is 0 Å². The van der Waals surface area contributed by atoms with Gasteiger partial charge in [-0.15, -0.1) is 0 Å². The Labute approximate surface area is 170 Å². The summed E-state index contributed by atoms with van der Waals surface area (Å²) in [6.07, 6.45) is 7.15. The van der Waals surface area contributed by atoms with Crippen molar-refractivity contribution in [2.45, 2.75) is 39.0 Å². The first-order chi connectivity index (χ1) is 13.7. The third-order valence-electron chi connectivity index (χ3n) is 4.55. The van der Waals surface area contributed by atoms with Crippen molar-refractivity contribution in [2.24, 2.45) is 5.10 Å². The Morgan fingerprint density at radius 1 is 1.11 bits per heavy atom. The van der Waals surface area contributed by atoms with Crippen molar-refractivity contribution < 1.29 is 4.79 Å². The fourth-order valence-corrected chi connectivity index (χ4v) is 3.18. The summed E-state index contributed by atoms with van der Waals surface area (Å²) in [6.45, 7) is 2.20. The molecule has 0 bridgehead atoms. The summed E-state index contributed by atoms with van der Waals surface area (Å²) in [4.78, 5) is 17.5. The number of unbranched alkanes of at least 4 members (excludes halogenated alkanes) is 3. The second kappa shape index (κ2) is 10.00. The molecule has 5 heteroatoms. The predicted octanol–water partition coefficient (Wildman–Crippen LogP) is 5.77. The number of nitrogens with zero attached hydrogens (tertiary/aromatic N) is 2. The smallest absolute Gasteiger partial charge is 0.267 e. The first kappa shape index (κ1) is 20.0. The molecule has 0 fully saturated rings. The zero-order chi connectivity index (χ0) is 19.8. The molecule has 3 rings (SSSR count). The summed E-state index contributed by atoms with van der Waals surface area (Å²) in [5, 5.41) is 5.58. The SMILES string of the molecule is CCCCCCc1cc(C(=O)N/N=C\c2ccc(Cl)cc2)c2ccccc2n1. The maximum absolute atomic E-state index is 12.8. The fourth-order valence-electron chi connectivity index (χ4n) is 3.05. The van der Waals surface area contributed by atoms with Crippen molar-refractivity contribution in [3.05, 3.63) is 76.4 Å². The number of halogens is 1. The van der Waals surface area contributed by atoms with Crippen LogP contribution in [0.4, 0.5) is 0 Å². The van der Waals surface area contributed by atoms with Gasteiger partial charge in [-0.3, -0.25) is 9.78 Å². The Morgan fingerprint density at radius 2 is 1.89 bits per heavy atom. The van der Waals surface area contributed by atoms with E-state index < -0.39 is 0 Å². The van der Waals surface area contributed by atoms with Gasteiger partial charge >= 0.3 is 0 Å². The maximum Gasteiger partial charge on any atom is 0.272 e. The highest BCUT2D eigenvalue weighted by Crippen LogP contribution is 2.20. The predicted molar refractivity (Wildman–Crippen MR) is 116 cm³/mol. The van der Waals surface area contributed by atoms with E-state index in [0.717, 1.165) is 35.0 Å². The Hall–Kier alpha value is -2.72. The highest BCUT2D eigenvalue weighted by molar-refractivity contribution is 6.30. The third-order valence-corrected chi connectivity index (χ3v) is 4.80. The molecule has 4 nitrogen and oxygen atoms in total. The summed E-state index contributed by atoms with van der Waals surface area (Å²) in [5.41, 5.74) is 5.87. The Bertz CT molecular complexity index is 967. The molecule has 0 aliphatic rings. The van der Waals surface area contributed by atoms with Crippen molar-refractivity contribution in [2.75, 3.05) is 0 Å². The highest BCUT2D eigenvalue weighted by Gasteiger charge is 2.12. The quantitative estimate of drug-likeness (QED) is 0.300. The van der Waals surface area contributed by atoms with E-state index in [0.29, 0.717) is 10.6 Å². The lowest BCUT2D eigenvalue weighted by Gasteiger charge is -2.09. The van der Waals surface area contributed by atoms with Crippen LogP contribution in [0, 0.1) is 0 Å². The van der Waals surface area contributed by atoms with E-state index in [1.165, 1.54) is 19.3 Å². The van der Waals surface area contributed by atoms with Gasteiger partial charge in [-0.1, -0.05) is 68.1 Å². The Balaban J connectivity index is 1.77. The number of nitrogens with one attached hydrogen (secondary N) is 1. The lowest BCUT2D eigenvalue weighted by molar-refractivity contribution is 0.0956. The van der Waals surface area contributed by atoms with Gasteiger partial charge in [0.2, 0.25) is 0 Å². The number of hydrogen-bond donors (Lipinski definition) is 1. The molecule has 2 aromatic carbocycles. The van der Waals surface area contributed by atoms with Gasteiger partial charge < -0.3 is 0 Å². The average molecular weight is 394 g/mol. The number of aryl methyl sites for hydroxylation is 1. The van der Waals surface area contributed by atoms with Crippen LogP contribution in [0.1, 0.15) is 54.2 Å². The summed E-state index contributed by atoms with van der Waals surface area (Å²) < 4.78 is 0. The minimum atomic E-state index is -0.237. The van der Waals surface area contributed by atoms with Gasteiger partial charge in [0, 0.05) is 16.1 Å². The molecule has 0 aliphatic carbocycles. The highest BCUT2D eigenvalue weighted by atomic mass is 35.5. The number of para-hydroxylation sites is 1. The Morgan fingerprint density at radius 3 is 2.68 bits per heavy atom. The van der Waals surface area contributed by atoms with Gasteiger partial charge in [0.15, 0.2) is 0 Å². The number of benzene rings is 2. The second-order valence-electron chi connectivity index (χ2n) is 6.74. The zero-order valence-corrected chi connectivity index (χ0v) is 16.7. The molecule has 0 unspecified atom stereocenters. The van der Waals surface area contributed by atoms with Gasteiger partial charge in [0.1, 0.15) is 0 Å². The number of hydrogen-bond acceptors (Lipinski definition) is 3. The molecule has 0 aliphatic heterocycles. The monoisotopic (exact) mass is 393 g/mol. The van der Waals surface area contributed by atoms with Crippen molar-refractivity contribution in [1.82, 2.24) is 10.4 Å². The molecule has 28 heavy (non-hydrogen) atoms. The fraction of sp³-hybridized carbons (Fsp3) is 0.261. The first-order valence-corrected chi connectivity index (χ1v) is 10.0. The van der Waals surface area contributed by atoms with E-state index in [1.807, 2.05) is 42.5 Å². The van der Waals surface area contributed by atoms with Crippen LogP contribution in [-0.4, -0.2) is 17.1 Å². The van der Waals surface area contributed by atoms with Gasteiger partial charge in [-0.05, 0) is 42.7 Å². The third kappa shape index (κ3) is 5.40. The van der Waals surface area contributed by atoms with Gasteiger partial charge in [-0.2, -0.15) is 5.10 Å². The van der Waals surface area contributed by atoms with Crippen LogP contribution < -0.4 is 5.43 Å². The number of pyridine rings is 1. The second-order valence-corrected chi connectivity index (χ2v) is 7.18. The number of carbonyl (C=O) groups is 1. The molecule has 1 heterocycles. The van der Waals surface area contributed by atoms with E-state index in [-0.39, 0.29) is 5.91 Å². The molecule has 3 aromatic rings. The van der Waals surface area contributed by atoms with Crippen LogP contribution in [0.25, 0.3) is 10.9 Å². The Kier molecular flexibility index (Phi) is 7.15. The van der Waals surface area contributed by atoms with Crippen LogP contribution in [-0.2, 0) is 6.42 Å². The normalized spacial score (nSPS) is 11.2. The average Bonchev–Trinajstić information content (AvgIpc) is 2.72. The number of fused-ring (bicyclic) bond motifs is 1. The van der Waals surface area contributed by atoms with Crippen LogP contribution in [0.2, 0.25) is 5.02 Å². The number of hydrazone groups is 1. The van der Waals surface area contributed by atoms with Crippen LogP contribution in [0.15, 0.2) is 59.7 Å². The van der Waals surface area contributed by atoms with Crippen molar-refractivity contribution in [1.29, 1.82) is 0 Å². The zero-order valence-electron chi connectivity index (χ0n) is 16.0. The number of rotatable bonds is 8. The number of carbonyl (C=O) groups excluding carboxylic acids is 1. The summed E-state index contributed by atoms with van der Waals surface area (Å²) in [5.74, 6) is -0.237. The van der Waals surface area contributed by atoms with E-state index in [9.17, 15) is 4.79 Å². The van der Waals surface area contributed by atoms with Crippen molar-refractivity contribution in [3.8, 4) is 0 Å². The standard InChI is InChI=1S/C23H24ClN3O/c1-2-3-4-5-8-19-15-21(20-9-6-7-10-22(20)26-19)23(28)27-25-16-17-11-13-18(24)14-12-17/h6-7,9-16H,2-5,8H2,1H3,(H,27,28)/b25-16-. The minimum absolute atomic E-state index is 0.237. The van der Waals surface area contributed by atoms with Crippen LogP contribution in [0.3, 0.4) is 0 Å². The molecule has 0 spiro atoms. The summed E-state index contributed by atoms with van der Waals surface area (Å²) >= 11 is 5.88. The number of amides is 1. The minimum Gasteiger partial charge on any atom is -0.267 e. The van der Waals surface area contributed by atoms with E-state index in [2.05, 4.69) is 17.5 Å². The van der Waals surface area contributed by atoms with Crippen molar-refractivity contribution in [3.63, 3.8) is 0 Å². The topological polar surface area (TPSA) is 54.4 Å². The van der Waals surface area contributed by atoms with Gasteiger partial charge in [0.05, 0.1) is 17.3 Å². The molecule has 0 saturated carbocycles. The van der Waals surface area contributed by atoms with Crippen LogP contribution in [0.5, 0.6) is 0 Å². The van der Waals surface area contributed by atoms with E-state index in [1.54, 1.807) is 18.3 Å². The molecule has 144 valence electrons. The first-order valence-electron chi connectivity index (χ1n) is 9.65. The maximum atomic E-state index is 12.8. The molecular formula is C23H24ClN3O. The summed E-state index contributed by atoms with van der Waals surface area (Å²) in [7, 11) is 0. The molecular weight excluding hydrogens is 370 g/mol. The van der Waals surface area contributed by atoms with Crippen molar-refractivity contribution >= 4 is 34.6 Å². The largest absolute Gasteiger partial charge is 0.272 e. The van der Waals surface area contributed by atoms with E-state index in [4.69, 9.17) is 16.6 Å². The lowest BCUT2D eigenvalue weighted by Crippen LogP contribution is -2.18. The molecule has 1 amide bonds. The number of aromatic nitrogens is 1. The van der Waals surface area contributed by atoms with Gasteiger partial charge in [0.25, 0.3) is 5.91 Å². The molecule has 0 radical (unpaired) electrons. The lowest BCUT2D eigenvalue weighted by atomic mass is 10.0.